The zero-order valence-electron chi connectivity index (χ0n) is 12.2. The lowest BCUT2D eigenvalue weighted by Crippen LogP contribution is -2.18. The van der Waals surface area contributed by atoms with Crippen LogP contribution in [0.1, 0.15) is 30.4 Å². The molecular weight excluding hydrogens is 270 g/mol. The van der Waals surface area contributed by atoms with Crippen LogP contribution in [0.5, 0.6) is 5.75 Å². The highest BCUT2D eigenvalue weighted by atomic mass is 16.5. The number of aromatic nitrogens is 2. The molecule has 3 rings (SSSR count). The standard InChI is InChI=1S/C15H19N3O3/c1-9-3-5-11(13(7-9)19-2)14-17-15(21-18-14)12-6-4-10(8-16)20-12/h3,5,7,10,12H,4,6,8,16H2,1-2H3. The molecule has 0 aliphatic carbocycles. The van der Waals surface area contributed by atoms with Crippen LogP contribution in [0.15, 0.2) is 22.7 Å². The average molecular weight is 289 g/mol. The molecule has 21 heavy (non-hydrogen) atoms. The summed E-state index contributed by atoms with van der Waals surface area (Å²) in [5.41, 5.74) is 7.54. The van der Waals surface area contributed by atoms with Gasteiger partial charge in [0.15, 0.2) is 0 Å². The maximum Gasteiger partial charge on any atom is 0.256 e. The minimum Gasteiger partial charge on any atom is -0.496 e. The number of nitrogens with two attached hydrogens (primary N) is 1. The highest BCUT2D eigenvalue weighted by Gasteiger charge is 2.30. The van der Waals surface area contributed by atoms with E-state index < -0.39 is 0 Å². The number of hydrogen-bond donors (Lipinski definition) is 1. The summed E-state index contributed by atoms with van der Waals surface area (Å²) in [6.45, 7) is 2.52. The van der Waals surface area contributed by atoms with Crippen molar-refractivity contribution in [3.05, 3.63) is 29.7 Å². The molecule has 1 aliphatic heterocycles. The molecule has 1 aromatic heterocycles. The summed E-state index contributed by atoms with van der Waals surface area (Å²) < 4.78 is 16.5. The predicted molar refractivity (Wildman–Crippen MR) is 76.9 cm³/mol. The molecule has 0 amide bonds. The first-order valence-electron chi connectivity index (χ1n) is 7.05. The molecule has 0 spiro atoms. The second-order valence-electron chi connectivity index (χ2n) is 5.22. The smallest absolute Gasteiger partial charge is 0.256 e. The molecule has 0 bridgehead atoms. The molecule has 6 nitrogen and oxygen atoms in total. The monoisotopic (exact) mass is 289 g/mol. The Bertz CT molecular complexity index is 626. The Hall–Kier alpha value is -1.92. The second-order valence-corrected chi connectivity index (χ2v) is 5.22. The van der Waals surface area contributed by atoms with Crippen LogP contribution in [0.3, 0.4) is 0 Å². The van der Waals surface area contributed by atoms with E-state index in [1.54, 1.807) is 7.11 Å². The number of rotatable bonds is 4. The molecule has 0 saturated carbocycles. The largest absolute Gasteiger partial charge is 0.496 e. The molecule has 6 heteroatoms. The number of aryl methyl sites for hydroxylation is 1. The lowest BCUT2D eigenvalue weighted by atomic mass is 10.1. The fraction of sp³-hybridized carbons (Fsp3) is 0.467. The molecule has 1 aliphatic rings. The Kier molecular flexibility index (Phi) is 3.90. The summed E-state index contributed by atoms with van der Waals surface area (Å²) in [6, 6.07) is 5.87. The van der Waals surface area contributed by atoms with Crippen molar-refractivity contribution >= 4 is 0 Å². The normalized spacial score (nSPS) is 21.7. The van der Waals surface area contributed by atoms with Crippen LogP contribution in [0.2, 0.25) is 0 Å². The van der Waals surface area contributed by atoms with E-state index in [1.165, 1.54) is 0 Å². The average Bonchev–Trinajstić information content (AvgIpc) is 3.15. The Morgan fingerprint density at radius 2 is 2.24 bits per heavy atom. The Balaban J connectivity index is 1.85. The Morgan fingerprint density at radius 1 is 1.38 bits per heavy atom. The first-order valence-corrected chi connectivity index (χ1v) is 7.05. The van der Waals surface area contributed by atoms with Gasteiger partial charge in [-0.05, 0) is 37.5 Å². The van der Waals surface area contributed by atoms with Gasteiger partial charge in [-0.2, -0.15) is 4.98 Å². The van der Waals surface area contributed by atoms with Crippen LogP contribution in [-0.2, 0) is 4.74 Å². The van der Waals surface area contributed by atoms with Crippen molar-refractivity contribution in [2.75, 3.05) is 13.7 Å². The zero-order chi connectivity index (χ0) is 14.8. The number of ether oxygens (including phenoxy) is 2. The molecule has 112 valence electrons. The maximum absolute atomic E-state index is 5.77. The minimum absolute atomic E-state index is 0.0826. The van der Waals surface area contributed by atoms with E-state index in [4.69, 9.17) is 19.7 Å². The maximum atomic E-state index is 5.77. The van der Waals surface area contributed by atoms with Gasteiger partial charge in [0.2, 0.25) is 5.82 Å². The van der Waals surface area contributed by atoms with Gasteiger partial charge in [-0.3, -0.25) is 0 Å². The summed E-state index contributed by atoms with van der Waals surface area (Å²) in [7, 11) is 1.63. The Morgan fingerprint density at radius 3 is 2.95 bits per heavy atom. The van der Waals surface area contributed by atoms with Crippen LogP contribution < -0.4 is 10.5 Å². The molecule has 2 unspecified atom stereocenters. The van der Waals surface area contributed by atoms with Gasteiger partial charge < -0.3 is 19.7 Å². The summed E-state index contributed by atoms with van der Waals surface area (Å²) in [5.74, 6) is 1.75. The molecule has 1 aromatic carbocycles. The van der Waals surface area contributed by atoms with Gasteiger partial charge in [-0.25, -0.2) is 0 Å². The Labute approximate surface area is 123 Å². The van der Waals surface area contributed by atoms with Gasteiger partial charge in [0.25, 0.3) is 5.89 Å². The molecule has 2 atom stereocenters. The zero-order valence-corrected chi connectivity index (χ0v) is 12.2. The SMILES string of the molecule is COc1cc(C)ccc1-c1noc(C2CCC(CN)O2)n1. The van der Waals surface area contributed by atoms with Crippen LogP contribution in [0.4, 0.5) is 0 Å². The molecule has 1 saturated heterocycles. The molecule has 2 N–H and O–H groups in total. The van der Waals surface area contributed by atoms with Crippen molar-refractivity contribution in [1.29, 1.82) is 0 Å². The van der Waals surface area contributed by atoms with Crippen molar-refractivity contribution in [2.24, 2.45) is 5.73 Å². The van der Waals surface area contributed by atoms with E-state index in [0.29, 0.717) is 18.3 Å². The third-order valence-corrected chi connectivity index (χ3v) is 3.69. The van der Waals surface area contributed by atoms with Gasteiger partial charge in [0, 0.05) is 6.54 Å². The summed E-state index contributed by atoms with van der Waals surface area (Å²) >= 11 is 0. The first-order chi connectivity index (χ1) is 10.2. The van der Waals surface area contributed by atoms with Gasteiger partial charge in [0.05, 0.1) is 18.8 Å². The highest BCUT2D eigenvalue weighted by molar-refractivity contribution is 5.64. The van der Waals surface area contributed by atoms with Gasteiger partial charge >= 0.3 is 0 Å². The lowest BCUT2D eigenvalue weighted by molar-refractivity contribution is 0.0307. The van der Waals surface area contributed by atoms with Crippen molar-refractivity contribution in [3.63, 3.8) is 0 Å². The van der Waals surface area contributed by atoms with Gasteiger partial charge in [-0.1, -0.05) is 11.2 Å². The third kappa shape index (κ3) is 2.77. The molecule has 1 fully saturated rings. The fourth-order valence-corrected chi connectivity index (χ4v) is 2.52. The van der Waals surface area contributed by atoms with E-state index in [-0.39, 0.29) is 12.2 Å². The van der Waals surface area contributed by atoms with Crippen LogP contribution >= 0.6 is 0 Å². The van der Waals surface area contributed by atoms with Gasteiger partial charge in [0.1, 0.15) is 11.9 Å². The minimum atomic E-state index is -0.156. The van der Waals surface area contributed by atoms with E-state index in [2.05, 4.69) is 10.1 Å². The molecule has 0 radical (unpaired) electrons. The quantitative estimate of drug-likeness (QED) is 0.929. The van der Waals surface area contributed by atoms with Crippen LogP contribution in [0, 0.1) is 6.92 Å². The number of nitrogens with zero attached hydrogens (tertiary/aromatic N) is 2. The summed E-state index contributed by atoms with van der Waals surface area (Å²) in [5, 5.41) is 4.04. The van der Waals surface area contributed by atoms with E-state index in [9.17, 15) is 0 Å². The molecule has 2 heterocycles. The number of methoxy groups -OCH3 is 1. The van der Waals surface area contributed by atoms with Crippen LogP contribution in [-0.4, -0.2) is 29.9 Å². The van der Waals surface area contributed by atoms with E-state index in [1.807, 2.05) is 25.1 Å². The highest BCUT2D eigenvalue weighted by Crippen LogP contribution is 2.34. The van der Waals surface area contributed by atoms with Crippen molar-refractivity contribution in [1.82, 2.24) is 10.1 Å². The van der Waals surface area contributed by atoms with E-state index in [0.717, 1.165) is 29.7 Å². The third-order valence-electron chi connectivity index (χ3n) is 3.69. The first kappa shape index (κ1) is 14.0. The van der Waals surface area contributed by atoms with Crippen molar-refractivity contribution in [2.45, 2.75) is 32.0 Å². The number of benzene rings is 1. The summed E-state index contributed by atoms with van der Waals surface area (Å²) in [4.78, 5) is 4.45. The summed E-state index contributed by atoms with van der Waals surface area (Å²) in [6.07, 6.45) is 1.71. The van der Waals surface area contributed by atoms with Gasteiger partial charge in [-0.15, -0.1) is 0 Å². The predicted octanol–water partition coefficient (Wildman–Crippen LogP) is 2.23. The number of hydrogen-bond acceptors (Lipinski definition) is 6. The molecule has 2 aromatic rings. The molecular formula is C15H19N3O3. The fourth-order valence-electron chi connectivity index (χ4n) is 2.52. The van der Waals surface area contributed by atoms with Crippen LogP contribution in [0.25, 0.3) is 11.4 Å². The topological polar surface area (TPSA) is 83.4 Å². The lowest BCUT2D eigenvalue weighted by Gasteiger charge is -2.07. The van der Waals surface area contributed by atoms with E-state index >= 15 is 0 Å². The van der Waals surface area contributed by atoms with Crippen molar-refractivity contribution in [3.8, 4) is 17.1 Å². The van der Waals surface area contributed by atoms with Crippen molar-refractivity contribution < 1.29 is 14.0 Å². The second kappa shape index (κ2) is 5.83.